The summed E-state index contributed by atoms with van der Waals surface area (Å²) in [5.41, 5.74) is -1.19. The van der Waals surface area contributed by atoms with Crippen molar-refractivity contribution in [3.8, 4) is 0 Å². The Bertz CT molecular complexity index is 832. The molecule has 6 nitrogen and oxygen atoms in total. The predicted molar refractivity (Wildman–Crippen MR) is 102 cm³/mol. The van der Waals surface area contributed by atoms with Gasteiger partial charge in [0.1, 0.15) is 18.3 Å². The minimum Gasteiger partial charge on any atom is -0.348 e. The van der Waals surface area contributed by atoms with Crippen molar-refractivity contribution in [2.45, 2.75) is 57.4 Å². The van der Waals surface area contributed by atoms with Crippen LogP contribution in [-0.2, 0) is 15.8 Å². The van der Waals surface area contributed by atoms with Gasteiger partial charge in [0.25, 0.3) is 0 Å². The van der Waals surface area contributed by atoms with Crippen molar-refractivity contribution in [3.05, 3.63) is 35.1 Å². The Morgan fingerprint density at radius 1 is 1.29 bits per heavy atom. The van der Waals surface area contributed by atoms with Gasteiger partial charge in [0.15, 0.2) is 0 Å². The molecule has 11 heteroatoms. The quantitative estimate of drug-likeness (QED) is 0.606. The van der Waals surface area contributed by atoms with Crippen LogP contribution in [0.2, 0.25) is 0 Å². The molecule has 2 saturated heterocycles. The number of amides is 2. The van der Waals surface area contributed by atoms with Gasteiger partial charge in [-0.25, -0.2) is 8.78 Å². The van der Waals surface area contributed by atoms with E-state index in [1.165, 1.54) is 0 Å². The Balaban J connectivity index is 1.73. The average molecular weight is 448 g/mol. The lowest BCUT2D eigenvalue weighted by molar-refractivity contribution is -0.140. The first kappa shape index (κ1) is 23.4. The summed E-state index contributed by atoms with van der Waals surface area (Å²) in [5.74, 6) is -2.61. The van der Waals surface area contributed by atoms with E-state index in [1.807, 2.05) is 0 Å². The van der Waals surface area contributed by atoms with E-state index in [4.69, 9.17) is 0 Å². The zero-order valence-electron chi connectivity index (χ0n) is 17.1. The van der Waals surface area contributed by atoms with Crippen LogP contribution in [0.5, 0.6) is 0 Å². The van der Waals surface area contributed by atoms with Gasteiger partial charge >= 0.3 is 6.18 Å². The minimum absolute atomic E-state index is 0.131. The van der Waals surface area contributed by atoms with Crippen LogP contribution in [0.1, 0.15) is 43.9 Å². The van der Waals surface area contributed by atoms with Crippen molar-refractivity contribution in [2.75, 3.05) is 13.1 Å². The number of halogens is 5. The Labute approximate surface area is 176 Å². The topological polar surface area (TPSA) is 73.5 Å². The van der Waals surface area contributed by atoms with E-state index >= 15 is 0 Å². The number of hydrogen-bond acceptors (Lipinski definition) is 4. The summed E-state index contributed by atoms with van der Waals surface area (Å²) in [6.45, 7) is 4.02. The third kappa shape index (κ3) is 5.51. The number of nitrogens with zero attached hydrogens (tertiary/aromatic N) is 1. The molecule has 1 aromatic rings. The molecule has 2 unspecified atom stereocenters. The molecule has 2 aliphatic rings. The molecule has 3 N–H and O–H groups in total. The molecule has 0 bridgehead atoms. The highest BCUT2D eigenvalue weighted by Crippen LogP contribution is 2.33. The third-order valence-electron chi connectivity index (χ3n) is 5.51. The number of nitrogens with one attached hydrogen (secondary N) is 3. The number of hydrogen-bond donors (Lipinski definition) is 3. The standard InChI is InChI=1S/C20H25F5N4O2/c1-10(2)17(11-3-4-13(14(22)7-11)20(23,24)25)28-18(31)15-8-16(30)27-19(26-15)29-6-5-12(21)9-29/h3-4,7,10,12,15,17,19,26H,5-6,8-9H2,1-2H3,(H,27,30)(H,28,31)/t12-,15?,17+,19?/m0/s1. The van der Waals surface area contributed by atoms with Gasteiger partial charge in [-0.1, -0.05) is 19.9 Å². The molecular formula is C20H25F5N4O2. The zero-order chi connectivity index (χ0) is 22.9. The smallest absolute Gasteiger partial charge is 0.348 e. The normalized spacial score (nSPS) is 26.1. The molecule has 0 spiro atoms. The fourth-order valence-corrected chi connectivity index (χ4v) is 3.87. The van der Waals surface area contributed by atoms with Crippen LogP contribution in [0, 0.1) is 11.7 Å². The van der Waals surface area contributed by atoms with Crippen LogP contribution in [0.25, 0.3) is 0 Å². The van der Waals surface area contributed by atoms with Crippen LogP contribution in [-0.4, -0.2) is 48.3 Å². The van der Waals surface area contributed by atoms with Gasteiger partial charge in [0.2, 0.25) is 11.8 Å². The molecule has 0 radical (unpaired) electrons. The van der Waals surface area contributed by atoms with Gasteiger partial charge in [-0.3, -0.25) is 19.8 Å². The summed E-state index contributed by atoms with van der Waals surface area (Å²) in [7, 11) is 0. The largest absolute Gasteiger partial charge is 0.419 e. The highest BCUT2D eigenvalue weighted by Gasteiger charge is 2.38. The second-order valence-corrected chi connectivity index (χ2v) is 8.24. The summed E-state index contributed by atoms with van der Waals surface area (Å²) in [4.78, 5) is 26.6. The maximum Gasteiger partial charge on any atom is 0.419 e. The van der Waals surface area contributed by atoms with Crippen LogP contribution >= 0.6 is 0 Å². The lowest BCUT2D eigenvalue weighted by atomic mass is 9.94. The maximum absolute atomic E-state index is 14.0. The van der Waals surface area contributed by atoms with Crippen molar-refractivity contribution in [1.82, 2.24) is 20.9 Å². The first-order valence-electron chi connectivity index (χ1n) is 10.1. The highest BCUT2D eigenvalue weighted by atomic mass is 19.4. The molecule has 1 aromatic carbocycles. The lowest BCUT2D eigenvalue weighted by Crippen LogP contribution is -2.66. The minimum atomic E-state index is -4.82. The second-order valence-electron chi connectivity index (χ2n) is 8.24. The molecule has 2 fully saturated rings. The molecule has 31 heavy (non-hydrogen) atoms. The Kier molecular flexibility index (Phi) is 6.85. The van der Waals surface area contributed by atoms with Gasteiger partial charge in [-0.15, -0.1) is 0 Å². The van der Waals surface area contributed by atoms with E-state index in [1.54, 1.807) is 18.7 Å². The van der Waals surface area contributed by atoms with Gasteiger partial charge < -0.3 is 10.6 Å². The first-order chi connectivity index (χ1) is 14.5. The van der Waals surface area contributed by atoms with Crippen molar-refractivity contribution in [2.24, 2.45) is 5.92 Å². The van der Waals surface area contributed by atoms with Gasteiger partial charge in [0.05, 0.1) is 24.1 Å². The summed E-state index contributed by atoms with van der Waals surface area (Å²) in [6.07, 6.45) is -6.34. The number of benzene rings is 1. The molecule has 4 atom stereocenters. The molecule has 0 aromatic heterocycles. The van der Waals surface area contributed by atoms with E-state index < -0.39 is 48.0 Å². The molecule has 2 aliphatic heterocycles. The number of carbonyl (C=O) groups excluding carboxylic acids is 2. The Morgan fingerprint density at radius 3 is 2.55 bits per heavy atom. The van der Waals surface area contributed by atoms with Gasteiger partial charge in [0, 0.05) is 13.1 Å². The molecule has 172 valence electrons. The van der Waals surface area contributed by atoms with Crippen molar-refractivity contribution in [3.63, 3.8) is 0 Å². The summed E-state index contributed by atoms with van der Waals surface area (Å²) < 4.78 is 66.0. The monoisotopic (exact) mass is 448 g/mol. The van der Waals surface area contributed by atoms with Gasteiger partial charge in [-0.2, -0.15) is 13.2 Å². The van der Waals surface area contributed by atoms with E-state index in [-0.39, 0.29) is 30.4 Å². The zero-order valence-corrected chi connectivity index (χ0v) is 17.1. The summed E-state index contributed by atoms with van der Waals surface area (Å²) in [5, 5.41) is 8.35. The number of carbonyl (C=O) groups is 2. The fraction of sp³-hybridized carbons (Fsp3) is 0.600. The molecule has 3 rings (SSSR count). The van der Waals surface area contributed by atoms with Crippen LogP contribution < -0.4 is 16.0 Å². The first-order valence-corrected chi connectivity index (χ1v) is 10.1. The Morgan fingerprint density at radius 2 is 2.00 bits per heavy atom. The number of likely N-dealkylation sites (tertiary alicyclic amines) is 1. The second kappa shape index (κ2) is 9.07. The maximum atomic E-state index is 14.0. The molecule has 2 amide bonds. The van der Waals surface area contributed by atoms with Crippen molar-refractivity contribution in [1.29, 1.82) is 0 Å². The highest BCUT2D eigenvalue weighted by molar-refractivity contribution is 5.89. The molecule has 0 aliphatic carbocycles. The van der Waals surface area contributed by atoms with Crippen molar-refractivity contribution < 1.29 is 31.5 Å². The molecule has 0 saturated carbocycles. The van der Waals surface area contributed by atoms with Crippen LogP contribution in [0.15, 0.2) is 18.2 Å². The van der Waals surface area contributed by atoms with E-state index in [0.717, 1.165) is 12.1 Å². The van der Waals surface area contributed by atoms with Gasteiger partial charge in [-0.05, 0) is 30.0 Å². The predicted octanol–water partition coefficient (Wildman–Crippen LogP) is 2.46. The van der Waals surface area contributed by atoms with Crippen LogP contribution in [0.3, 0.4) is 0 Å². The Hall–Kier alpha value is -2.27. The van der Waals surface area contributed by atoms with E-state index in [9.17, 15) is 31.5 Å². The van der Waals surface area contributed by atoms with E-state index in [2.05, 4.69) is 16.0 Å². The summed E-state index contributed by atoms with van der Waals surface area (Å²) >= 11 is 0. The summed E-state index contributed by atoms with van der Waals surface area (Å²) in [6, 6.07) is 0.861. The van der Waals surface area contributed by atoms with Crippen LogP contribution in [0.4, 0.5) is 22.0 Å². The SMILES string of the molecule is CC(C)[C@@H](NC(=O)C1CC(=O)NC(N2CC[C@H](F)C2)N1)c1ccc(C(F)(F)F)c(F)c1. The molecule has 2 heterocycles. The van der Waals surface area contributed by atoms with Crippen molar-refractivity contribution >= 4 is 11.8 Å². The number of alkyl halides is 4. The lowest BCUT2D eigenvalue weighted by Gasteiger charge is -2.37. The molecular weight excluding hydrogens is 423 g/mol. The third-order valence-corrected chi connectivity index (χ3v) is 5.51. The fourth-order valence-electron chi connectivity index (χ4n) is 3.87. The average Bonchev–Trinajstić information content (AvgIpc) is 3.10. The van der Waals surface area contributed by atoms with E-state index in [0.29, 0.717) is 19.0 Å². The number of rotatable bonds is 5.